The van der Waals surface area contributed by atoms with Crippen molar-refractivity contribution in [2.45, 2.75) is 20.0 Å². The molecule has 0 aliphatic rings. The standard InChI is InChI=1S/C16H16N6O3/c1-11-4-2-3-5-12(11)7-22-10-17-16(20-22)19-14(23)9-21-8-13(6-18-21)15(24)25/h2-6,8,10H,7,9H2,1H3,(H,24,25)(H,19,20,23). The molecule has 9 nitrogen and oxygen atoms in total. The highest BCUT2D eigenvalue weighted by atomic mass is 16.4. The molecular formula is C16H16N6O3. The first-order chi connectivity index (χ1) is 12.0. The second-order valence-corrected chi connectivity index (χ2v) is 5.47. The van der Waals surface area contributed by atoms with Crippen molar-refractivity contribution in [1.29, 1.82) is 0 Å². The summed E-state index contributed by atoms with van der Waals surface area (Å²) in [5.41, 5.74) is 2.29. The fraction of sp³-hybridized carbons (Fsp3) is 0.188. The Kier molecular flexibility index (Phi) is 4.55. The number of nitrogens with zero attached hydrogens (tertiary/aromatic N) is 5. The smallest absolute Gasteiger partial charge is 0.338 e. The molecule has 0 saturated carbocycles. The SMILES string of the molecule is Cc1ccccc1Cn1cnc(NC(=O)Cn2cc(C(=O)O)cn2)n1. The molecule has 2 heterocycles. The fourth-order valence-corrected chi connectivity index (χ4v) is 2.26. The molecule has 0 unspecified atom stereocenters. The number of nitrogens with one attached hydrogen (secondary N) is 1. The van der Waals surface area contributed by atoms with Gasteiger partial charge < -0.3 is 5.11 Å². The van der Waals surface area contributed by atoms with Crippen LogP contribution >= 0.6 is 0 Å². The van der Waals surface area contributed by atoms with Crippen LogP contribution in [0, 0.1) is 6.92 Å². The molecule has 0 radical (unpaired) electrons. The number of anilines is 1. The number of carbonyl (C=O) groups excluding carboxylic acids is 1. The molecule has 0 atom stereocenters. The molecule has 0 fully saturated rings. The van der Waals surface area contributed by atoms with Gasteiger partial charge in [-0.2, -0.15) is 5.10 Å². The van der Waals surface area contributed by atoms with Crippen molar-refractivity contribution in [2.24, 2.45) is 0 Å². The van der Waals surface area contributed by atoms with E-state index in [0.717, 1.165) is 11.1 Å². The van der Waals surface area contributed by atoms with Gasteiger partial charge in [-0.05, 0) is 18.1 Å². The van der Waals surface area contributed by atoms with Crippen LogP contribution in [-0.4, -0.2) is 41.5 Å². The van der Waals surface area contributed by atoms with Gasteiger partial charge >= 0.3 is 5.97 Å². The van der Waals surface area contributed by atoms with Gasteiger partial charge in [-0.3, -0.25) is 14.8 Å². The monoisotopic (exact) mass is 340 g/mol. The topological polar surface area (TPSA) is 115 Å². The zero-order valence-corrected chi connectivity index (χ0v) is 13.5. The summed E-state index contributed by atoms with van der Waals surface area (Å²) in [6.45, 7) is 2.45. The zero-order chi connectivity index (χ0) is 17.8. The lowest BCUT2D eigenvalue weighted by molar-refractivity contribution is -0.117. The molecular weight excluding hydrogens is 324 g/mol. The van der Waals surface area contributed by atoms with E-state index in [2.05, 4.69) is 20.5 Å². The highest BCUT2D eigenvalue weighted by Gasteiger charge is 2.11. The van der Waals surface area contributed by atoms with Crippen molar-refractivity contribution in [1.82, 2.24) is 24.5 Å². The molecule has 1 amide bonds. The van der Waals surface area contributed by atoms with Crippen LogP contribution in [0.3, 0.4) is 0 Å². The number of aryl methyl sites for hydroxylation is 1. The predicted octanol–water partition coefficient (Wildman–Crippen LogP) is 1.17. The van der Waals surface area contributed by atoms with Crippen LogP contribution in [0.1, 0.15) is 21.5 Å². The van der Waals surface area contributed by atoms with Gasteiger partial charge in [-0.1, -0.05) is 24.3 Å². The Morgan fingerprint density at radius 2 is 2.04 bits per heavy atom. The zero-order valence-electron chi connectivity index (χ0n) is 13.5. The molecule has 0 aliphatic heterocycles. The number of aromatic nitrogens is 5. The number of rotatable bonds is 6. The number of hydrogen-bond donors (Lipinski definition) is 2. The van der Waals surface area contributed by atoms with E-state index >= 15 is 0 Å². The third-order valence-corrected chi connectivity index (χ3v) is 3.57. The fourth-order valence-electron chi connectivity index (χ4n) is 2.26. The summed E-state index contributed by atoms with van der Waals surface area (Å²) in [4.78, 5) is 26.8. The number of aromatic carboxylic acids is 1. The van der Waals surface area contributed by atoms with Crippen molar-refractivity contribution in [3.8, 4) is 0 Å². The molecule has 3 rings (SSSR count). The Hall–Kier alpha value is -3.49. The maximum Gasteiger partial charge on any atom is 0.338 e. The van der Waals surface area contributed by atoms with Crippen molar-refractivity contribution < 1.29 is 14.7 Å². The molecule has 9 heteroatoms. The van der Waals surface area contributed by atoms with Crippen molar-refractivity contribution in [3.63, 3.8) is 0 Å². The average Bonchev–Trinajstić information content (AvgIpc) is 3.19. The number of amides is 1. The van der Waals surface area contributed by atoms with Crippen LogP contribution in [0.15, 0.2) is 43.0 Å². The predicted molar refractivity (Wildman–Crippen MR) is 88.1 cm³/mol. The van der Waals surface area contributed by atoms with Crippen LogP contribution in [0.4, 0.5) is 5.95 Å². The summed E-state index contributed by atoms with van der Waals surface area (Å²) in [7, 11) is 0. The molecule has 2 N–H and O–H groups in total. The van der Waals surface area contributed by atoms with Gasteiger partial charge in [-0.15, -0.1) is 5.10 Å². The Balaban J connectivity index is 1.59. The number of carboxylic acid groups (broad SMARTS) is 1. The molecule has 0 bridgehead atoms. The van der Waals surface area contributed by atoms with Gasteiger partial charge in [0.25, 0.3) is 0 Å². The Labute approximate surface area is 142 Å². The van der Waals surface area contributed by atoms with E-state index in [-0.39, 0.29) is 18.1 Å². The quantitative estimate of drug-likeness (QED) is 0.696. The average molecular weight is 340 g/mol. The van der Waals surface area contributed by atoms with Crippen molar-refractivity contribution in [2.75, 3.05) is 5.32 Å². The molecule has 0 saturated heterocycles. The van der Waals surface area contributed by atoms with E-state index in [1.165, 1.54) is 17.1 Å². The van der Waals surface area contributed by atoms with Gasteiger partial charge in [0.05, 0.1) is 18.3 Å². The molecule has 25 heavy (non-hydrogen) atoms. The third-order valence-electron chi connectivity index (χ3n) is 3.57. The highest BCUT2D eigenvalue weighted by molar-refractivity contribution is 5.89. The number of hydrogen-bond acceptors (Lipinski definition) is 5. The number of benzene rings is 1. The summed E-state index contributed by atoms with van der Waals surface area (Å²) in [6, 6.07) is 7.95. The summed E-state index contributed by atoms with van der Waals surface area (Å²) >= 11 is 0. The summed E-state index contributed by atoms with van der Waals surface area (Å²) < 4.78 is 2.87. The summed E-state index contributed by atoms with van der Waals surface area (Å²) in [6.07, 6.45) is 4.01. The lowest BCUT2D eigenvalue weighted by Crippen LogP contribution is -2.20. The van der Waals surface area contributed by atoms with Crippen LogP contribution in [-0.2, 0) is 17.9 Å². The Bertz CT molecular complexity index is 914. The van der Waals surface area contributed by atoms with Crippen LogP contribution in [0.2, 0.25) is 0 Å². The first-order valence-corrected chi connectivity index (χ1v) is 7.51. The van der Waals surface area contributed by atoms with Crippen molar-refractivity contribution >= 4 is 17.8 Å². The lowest BCUT2D eigenvalue weighted by atomic mass is 10.1. The number of carboxylic acids is 1. The molecule has 1 aromatic carbocycles. The largest absolute Gasteiger partial charge is 0.478 e. The van der Waals surface area contributed by atoms with Crippen LogP contribution < -0.4 is 5.32 Å². The summed E-state index contributed by atoms with van der Waals surface area (Å²) in [5.74, 6) is -1.30. The van der Waals surface area contributed by atoms with E-state index in [9.17, 15) is 9.59 Å². The van der Waals surface area contributed by atoms with Gasteiger partial charge in [-0.25, -0.2) is 14.5 Å². The summed E-state index contributed by atoms with van der Waals surface area (Å²) in [5, 5.41) is 19.4. The molecule has 0 aliphatic carbocycles. The van der Waals surface area contributed by atoms with Crippen molar-refractivity contribution in [3.05, 3.63) is 59.7 Å². The maximum absolute atomic E-state index is 12.0. The second-order valence-electron chi connectivity index (χ2n) is 5.47. The van der Waals surface area contributed by atoms with Gasteiger partial charge in [0.1, 0.15) is 12.9 Å². The molecule has 0 spiro atoms. The minimum Gasteiger partial charge on any atom is -0.478 e. The minimum absolute atomic E-state index is 0.0217. The minimum atomic E-state index is -1.09. The molecule has 3 aromatic rings. The third kappa shape index (κ3) is 4.08. The van der Waals surface area contributed by atoms with E-state index in [4.69, 9.17) is 5.11 Å². The van der Waals surface area contributed by atoms with Crippen LogP contribution in [0.25, 0.3) is 0 Å². The molecule has 128 valence electrons. The number of carbonyl (C=O) groups is 2. The van der Waals surface area contributed by atoms with Gasteiger partial charge in [0, 0.05) is 6.20 Å². The first kappa shape index (κ1) is 16.4. The van der Waals surface area contributed by atoms with E-state index in [1.54, 1.807) is 11.0 Å². The van der Waals surface area contributed by atoms with Gasteiger partial charge in [0.15, 0.2) is 0 Å². The van der Waals surface area contributed by atoms with Gasteiger partial charge in [0.2, 0.25) is 11.9 Å². The lowest BCUT2D eigenvalue weighted by Gasteiger charge is -2.04. The maximum atomic E-state index is 12.0. The van der Waals surface area contributed by atoms with E-state index < -0.39 is 11.9 Å². The molecule has 2 aromatic heterocycles. The van der Waals surface area contributed by atoms with E-state index in [0.29, 0.717) is 6.54 Å². The second kappa shape index (κ2) is 6.95. The first-order valence-electron chi connectivity index (χ1n) is 7.51. The van der Waals surface area contributed by atoms with Crippen LogP contribution in [0.5, 0.6) is 0 Å². The van der Waals surface area contributed by atoms with E-state index in [1.807, 2.05) is 31.2 Å². The Morgan fingerprint density at radius 3 is 2.76 bits per heavy atom. The normalized spacial score (nSPS) is 10.6. The Morgan fingerprint density at radius 1 is 1.24 bits per heavy atom. The highest BCUT2D eigenvalue weighted by Crippen LogP contribution is 2.09.